The Hall–Kier alpha value is -2.16. The molecule has 1 fully saturated rings. The molecule has 3 heterocycles. The van der Waals surface area contributed by atoms with Crippen molar-refractivity contribution in [1.82, 2.24) is 15.2 Å². The monoisotopic (exact) mass is 493 g/mol. The van der Waals surface area contributed by atoms with Crippen molar-refractivity contribution in [2.75, 3.05) is 25.0 Å². The molecular weight excluding hydrogens is 465 g/mol. The first-order valence-electron chi connectivity index (χ1n) is 10.2. The van der Waals surface area contributed by atoms with Gasteiger partial charge in [-0.3, -0.25) is 0 Å². The molecule has 1 unspecified atom stereocenters. The van der Waals surface area contributed by atoms with Crippen LogP contribution in [0.5, 0.6) is 0 Å². The lowest BCUT2D eigenvalue weighted by Crippen LogP contribution is -2.53. The number of rotatable bonds is 3. The number of hydrogen-bond acceptors (Lipinski definition) is 6. The summed E-state index contributed by atoms with van der Waals surface area (Å²) in [5.74, 6) is 0.994. The molecule has 5 rings (SSSR count). The van der Waals surface area contributed by atoms with Crippen LogP contribution in [0.2, 0.25) is 0 Å². The molecule has 0 radical (unpaired) electrons. The Bertz CT molecular complexity index is 1040. The van der Waals surface area contributed by atoms with Crippen molar-refractivity contribution in [3.63, 3.8) is 0 Å². The van der Waals surface area contributed by atoms with Gasteiger partial charge in [-0.05, 0) is 37.5 Å². The fraction of sp³-hybridized carbons (Fsp3) is 0.304. The summed E-state index contributed by atoms with van der Waals surface area (Å²) >= 11 is 1.70. The molecule has 172 valence electrons. The average molecular weight is 494 g/mol. The van der Waals surface area contributed by atoms with Crippen LogP contribution in [0.15, 0.2) is 59.6 Å². The maximum atomic E-state index is 5.07. The number of hydrogen-bond donors (Lipinski definition) is 2. The zero-order valence-corrected chi connectivity index (χ0v) is 20.3. The van der Waals surface area contributed by atoms with E-state index in [0.29, 0.717) is 6.04 Å². The highest BCUT2D eigenvalue weighted by Crippen LogP contribution is 2.37. The van der Waals surface area contributed by atoms with Crippen LogP contribution in [-0.2, 0) is 6.42 Å². The van der Waals surface area contributed by atoms with Crippen LogP contribution in [0.4, 0.5) is 16.4 Å². The van der Waals surface area contributed by atoms with E-state index < -0.39 is 0 Å². The van der Waals surface area contributed by atoms with E-state index in [1.807, 2.05) is 12.1 Å². The first-order chi connectivity index (χ1) is 14.3. The SMILES string of the molecule is Cc1nc2c(s1)Nc1ccccc1N=C2N1CCNC(CCc2ccccc2)C1.Cl.Cl.O. The third kappa shape index (κ3) is 5.60. The van der Waals surface area contributed by atoms with E-state index in [2.05, 4.69) is 64.9 Å². The zero-order chi connectivity index (χ0) is 19.6. The number of para-hydroxylation sites is 2. The lowest BCUT2D eigenvalue weighted by molar-refractivity contribution is 0.282. The normalized spacial score (nSPS) is 16.6. The number of halogens is 2. The van der Waals surface area contributed by atoms with E-state index in [-0.39, 0.29) is 30.3 Å². The third-order valence-corrected chi connectivity index (χ3v) is 6.39. The maximum Gasteiger partial charge on any atom is 0.158 e. The smallest absolute Gasteiger partial charge is 0.158 e. The first-order valence-corrected chi connectivity index (χ1v) is 11.0. The van der Waals surface area contributed by atoms with Gasteiger partial charge in [0.1, 0.15) is 10.7 Å². The summed E-state index contributed by atoms with van der Waals surface area (Å²) in [6, 6.07) is 19.4. The molecule has 1 saturated heterocycles. The lowest BCUT2D eigenvalue weighted by atomic mass is 10.0. The number of anilines is 2. The zero-order valence-electron chi connectivity index (χ0n) is 17.9. The summed E-state index contributed by atoms with van der Waals surface area (Å²) in [6.07, 6.45) is 2.20. The lowest BCUT2D eigenvalue weighted by Gasteiger charge is -2.35. The number of thiazole rings is 1. The Labute approximate surface area is 205 Å². The molecule has 4 N–H and O–H groups in total. The van der Waals surface area contributed by atoms with Crippen LogP contribution >= 0.6 is 36.2 Å². The Morgan fingerprint density at radius 2 is 1.81 bits per heavy atom. The number of benzene rings is 2. The molecule has 3 aromatic rings. The van der Waals surface area contributed by atoms with E-state index >= 15 is 0 Å². The van der Waals surface area contributed by atoms with Crippen molar-refractivity contribution < 1.29 is 5.48 Å². The highest BCUT2D eigenvalue weighted by molar-refractivity contribution is 7.16. The number of piperazine rings is 1. The minimum absolute atomic E-state index is 0. The molecule has 0 bridgehead atoms. The summed E-state index contributed by atoms with van der Waals surface area (Å²) in [4.78, 5) is 12.3. The number of nitrogens with zero attached hydrogens (tertiary/aromatic N) is 3. The van der Waals surface area contributed by atoms with Gasteiger partial charge in [0.15, 0.2) is 5.84 Å². The van der Waals surface area contributed by atoms with Crippen molar-refractivity contribution in [2.24, 2.45) is 4.99 Å². The molecule has 2 aromatic carbocycles. The predicted molar refractivity (Wildman–Crippen MR) is 139 cm³/mol. The first kappa shape index (κ1) is 26.1. The van der Waals surface area contributed by atoms with Crippen LogP contribution in [-0.4, -0.2) is 46.9 Å². The van der Waals surface area contributed by atoms with Gasteiger partial charge in [0, 0.05) is 25.7 Å². The summed E-state index contributed by atoms with van der Waals surface area (Å²) in [6.45, 7) is 4.92. The fourth-order valence-corrected chi connectivity index (χ4v) is 4.87. The Morgan fingerprint density at radius 1 is 1.06 bits per heavy atom. The highest BCUT2D eigenvalue weighted by atomic mass is 35.5. The molecule has 2 aliphatic rings. The van der Waals surface area contributed by atoms with Crippen molar-refractivity contribution in [2.45, 2.75) is 25.8 Å². The van der Waals surface area contributed by atoms with Gasteiger partial charge in [-0.25, -0.2) is 9.98 Å². The van der Waals surface area contributed by atoms with E-state index in [4.69, 9.17) is 9.98 Å². The molecule has 1 aromatic heterocycles. The second-order valence-electron chi connectivity index (χ2n) is 7.61. The predicted octanol–water partition coefficient (Wildman–Crippen LogP) is 4.51. The molecular formula is C23H29Cl2N5OS. The van der Waals surface area contributed by atoms with E-state index in [1.165, 1.54) is 5.56 Å². The number of aromatic nitrogens is 1. The molecule has 0 amide bonds. The summed E-state index contributed by atoms with van der Waals surface area (Å²) < 4.78 is 0. The van der Waals surface area contributed by atoms with E-state index in [0.717, 1.165) is 65.4 Å². The van der Waals surface area contributed by atoms with Gasteiger partial charge >= 0.3 is 0 Å². The van der Waals surface area contributed by atoms with Crippen molar-refractivity contribution >= 4 is 58.4 Å². The maximum absolute atomic E-state index is 5.07. The van der Waals surface area contributed by atoms with Gasteiger partial charge in [0.2, 0.25) is 0 Å². The molecule has 9 heteroatoms. The topological polar surface area (TPSA) is 84.1 Å². The largest absolute Gasteiger partial charge is 0.412 e. The molecule has 2 aliphatic heterocycles. The van der Waals surface area contributed by atoms with Crippen molar-refractivity contribution in [3.8, 4) is 0 Å². The number of aliphatic imine (C=N–C) groups is 1. The standard InChI is InChI=1S/C23H25N5S.2ClH.H2O/c1-16-25-21-22(26-19-9-5-6-10-20(19)27-23(21)29-16)28-14-13-24-18(15-28)12-11-17-7-3-2-4-8-17;;;/h2-10,18,24,27H,11-15H2,1H3;2*1H;1H2. The van der Waals surface area contributed by atoms with Gasteiger partial charge in [-0.1, -0.05) is 42.5 Å². The van der Waals surface area contributed by atoms with E-state index in [9.17, 15) is 0 Å². The van der Waals surface area contributed by atoms with Crippen LogP contribution in [0.1, 0.15) is 22.7 Å². The van der Waals surface area contributed by atoms with Crippen LogP contribution in [0, 0.1) is 6.92 Å². The van der Waals surface area contributed by atoms with Crippen molar-refractivity contribution in [1.29, 1.82) is 0 Å². The molecule has 1 atom stereocenters. The summed E-state index contributed by atoms with van der Waals surface area (Å²) in [5.41, 5.74) is 4.40. The average Bonchev–Trinajstić information content (AvgIpc) is 3.04. The summed E-state index contributed by atoms with van der Waals surface area (Å²) in [5, 5.41) is 9.39. The van der Waals surface area contributed by atoms with Gasteiger partial charge in [0.25, 0.3) is 0 Å². The second kappa shape index (κ2) is 11.6. The molecule has 6 nitrogen and oxygen atoms in total. The van der Waals surface area contributed by atoms with Gasteiger partial charge < -0.3 is 21.0 Å². The number of fused-ring (bicyclic) bond motifs is 2. The van der Waals surface area contributed by atoms with Gasteiger partial charge in [0.05, 0.1) is 16.4 Å². The fourth-order valence-electron chi connectivity index (χ4n) is 4.05. The Kier molecular flexibility index (Phi) is 9.48. The number of amidine groups is 1. The number of aryl methyl sites for hydroxylation is 2. The van der Waals surface area contributed by atoms with E-state index in [1.54, 1.807) is 11.3 Å². The Morgan fingerprint density at radius 3 is 2.62 bits per heavy atom. The van der Waals surface area contributed by atoms with Crippen molar-refractivity contribution in [3.05, 3.63) is 70.9 Å². The molecule has 0 spiro atoms. The molecule has 0 saturated carbocycles. The third-order valence-electron chi connectivity index (χ3n) is 5.50. The van der Waals surface area contributed by atoms with Gasteiger partial charge in [-0.2, -0.15) is 0 Å². The highest BCUT2D eigenvalue weighted by Gasteiger charge is 2.28. The second-order valence-corrected chi connectivity index (χ2v) is 8.81. The van der Waals surface area contributed by atoms with Crippen LogP contribution in [0.25, 0.3) is 0 Å². The summed E-state index contributed by atoms with van der Waals surface area (Å²) in [7, 11) is 0. The van der Waals surface area contributed by atoms with Crippen LogP contribution < -0.4 is 10.6 Å². The minimum Gasteiger partial charge on any atom is -0.412 e. The van der Waals surface area contributed by atoms with Crippen LogP contribution in [0.3, 0.4) is 0 Å². The number of nitrogens with one attached hydrogen (secondary N) is 2. The molecule has 0 aliphatic carbocycles. The molecule has 32 heavy (non-hydrogen) atoms. The quantitative estimate of drug-likeness (QED) is 0.561. The van der Waals surface area contributed by atoms with Gasteiger partial charge in [-0.15, -0.1) is 36.2 Å². The minimum atomic E-state index is 0. The Balaban J connectivity index is 0.00000121.